The Labute approximate surface area is 127 Å². The van der Waals surface area contributed by atoms with Crippen molar-refractivity contribution in [2.24, 2.45) is 5.92 Å². The van der Waals surface area contributed by atoms with Gasteiger partial charge in [-0.2, -0.15) is 5.26 Å². The summed E-state index contributed by atoms with van der Waals surface area (Å²) in [6.07, 6.45) is 0. The summed E-state index contributed by atoms with van der Waals surface area (Å²) in [6, 6.07) is 5.58. The Bertz CT molecular complexity index is 571. The molecular weight excluding hydrogens is 294 g/mol. The van der Waals surface area contributed by atoms with Crippen LogP contribution in [0.5, 0.6) is 0 Å². The standard InChI is InChI=1S/C15H18F2N2OS/c1-9(2)15(4,8-18)19-14(20)10(3)21-11-5-6-12(16)13(17)7-11/h5-7,9-10H,1-4H3,(H,19,20)/t10-,15+/m0/s1. The van der Waals surface area contributed by atoms with Crippen molar-refractivity contribution in [2.75, 3.05) is 0 Å². The molecule has 3 nitrogen and oxygen atoms in total. The Morgan fingerprint density at radius 2 is 1.95 bits per heavy atom. The van der Waals surface area contributed by atoms with Gasteiger partial charge in [-0.25, -0.2) is 8.78 Å². The number of carbonyl (C=O) groups excluding carboxylic acids is 1. The fourth-order valence-electron chi connectivity index (χ4n) is 1.47. The predicted octanol–water partition coefficient (Wildman–Crippen LogP) is 3.50. The molecule has 2 atom stereocenters. The molecule has 1 amide bonds. The third-order valence-electron chi connectivity index (χ3n) is 3.34. The van der Waals surface area contributed by atoms with Crippen LogP contribution in [0.2, 0.25) is 0 Å². The Kier molecular flexibility index (Phi) is 5.73. The molecule has 6 heteroatoms. The van der Waals surface area contributed by atoms with Crippen LogP contribution in [0.4, 0.5) is 8.78 Å². The molecule has 0 unspecified atom stereocenters. The van der Waals surface area contributed by atoms with Gasteiger partial charge in [-0.05, 0) is 38.0 Å². The van der Waals surface area contributed by atoms with Gasteiger partial charge in [-0.1, -0.05) is 13.8 Å². The zero-order chi connectivity index (χ0) is 16.2. The van der Waals surface area contributed by atoms with Crippen LogP contribution in [0.15, 0.2) is 23.1 Å². The smallest absolute Gasteiger partial charge is 0.234 e. The number of benzene rings is 1. The van der Waals surface area contributed by atoms with E-state index in [1.165, 1.54) is 6.07 Å². The molecule has 0 aliphatic carbocycles. The van der Waals surface area contributed by atoms with E-state index in [2.05, 4.69) is 11.4 Å². The highest BCUT2D eigenvalue weighted by atomic mass is 32.2. The molecule has 1 aromatic carbocycles. The fourth-order valence-corrected chi connectivity index (χ4v) is 2.36. The summed E-state index contributed by atoms with van der Waals surface area (Å²) in [4.78, 5) is 12.6. The summed E-state index contributed by atoms with van der Waals surface area (Å²) < 4.78 is 26.0. The molecule has 0 aromatic heterocycles. The first-order valence-corrected chi connectivity index (χ1v) is 7.42. The first-order chi connectivity index (χ1) is 9.69. The monoisotopic (exact) mass is 312 g/mol. The Morgan fingerprint density at radius 1 is 1.33 bits per heavy atom. The van der Waals surface area contributed by atoms with Gasteiger partial charge >= 0.3 is 0 Å². The summed E-state index contributed by atoms with van der Waals surface area (Å²) in [7, 11) is 0. The third-order valence-corrected chi connectivity index (χ3v) is 4.44. The van der Waals surface area contributed by atoms with Crippen LogP contribution in [-0.2, 0) is 4.79 Å². The van der Waals surface area contributed by atoms with Crippen molar-refractivity contribution in [3.63, 3.8) is 0 Å². The highest BCUT2D eigenvalue weighted by molar-refractivity contribution is 8.00. The molecule has 0 radical (unpaired) electrons. The summed E-state index contributed by atoms with van der Waals surface area (Å²) >= 11 is 1.11. The molecule has 1 N–H and O–H groups in total. The predicted molar refractivity (Wildman–Crippen MR) is 78.7 cm³/mol. The largest absolute Gasteiger partial charge is 0.337 e. The minimum atomic E-state index is -0.958. The lowest BCUT2D eigenvalue weighted by atomic mass is 9.90. The molecule has 0 fully saturated rings. The second-order valence-electron chi connectivity index (χ2n) is 5.29. The molecule has 0 saturated heterocycles. The molecule has 0 aliphatic heterocycles. The van der Waals surface area contributed by atoms with Crippen molar-refractivity contribution in [2.45, 2.75) is 43.4 Å². The number of hydrogen-bond donors (Lipinski definition) is 1. The lowest BCUT2D eigenvalue weighted by Crippen LogP contribution is -2.51. The molecule has 21 heavy (non-hydrogen) atoms. The number of nitrogens with zero attached hydrogens (tertiary/aromatic N) is 1. The Hall–Kier alpha value is -1.61. The van der Waals surface area contributed by atoms with Crippen LogP contribution in [0.3, 0.4) is 0 Å². The number of nitrogens with one attached hydrogen (secondary N) is 1. The van der Waals surface area contributed by atoms with Crippen LogP contribution in [0.1, 0.15) is 27.7 Å². The molecule has 0 spiro atoms. The quantitative estimate of drug-likeness (QED) is 0.847. The van der Waals surface area contributed by atoms with Crippen molar-refractivity contribution in [3.05, 3.63) is 29.8 Å². The Morgan fingerprint density at radius 3 is 2.43 bits per heavy atom. The molecule has 0 aliphatic rings. The van der Waals surface area contributed by atoms with Crippen LogP contribution in [0.25, 0.3) is 0 Å². The van der Waals surface area contributed by atoms with Gasteiger partial charge in [0.2, 0.25) is 5.91 Å². The van der Waals surface area contributed by atoms with Crippen molar-refractivity contribution in [3.8, 4) is 6.07 Å². The van der Waals surface area contributed by atoms with Crippen LogP contribution in [-0.4, -0.2) is 16.7 Å². The average Bonchev–Trinajstić information content (AvgIpc) is 2.42. The van der Waals surface area contributed by atoms with Crippen molar-refractivity contribution in [1.82, 2.24) is 5.32 Å². The topological polar surface area (TPSA) is 52.9 Å². The highest BCUT2D eigenvalue weighted by Gasteiger charge is 2.31. The van der Waals surface area contributed by atoms with E-state index in [9.17, 15) is 18.8 Å². The van der Waals surface area contributed by atoms with Gasteiger partial charge in [0.05, 0.1) is 11.3 Å². The first kappa shape index (κ1) is 17.4. The van der Waals surface area contributed by atoms with E-state index in [4.69, 9.17) is 0 Å². The van der Waals surface area contributed by atoms with Crippen LogP contribution >= 0.6 is 11.8 Å². The first-order valence-electron chi connectivity index (χ1n) is 6.54. The van der Waals surface area contributed by atoms with Gasteiger partial charge in [-0.15, -0.1) is 11.8 Å². The zero-order valence-corrected chi connectivity index (χ0v) is 13.2. The molecule has 0 heterocycles. The van der Waals surface area contributed by atoms with E-state index in [0.717, 1.165) is 23.9 Å². The number of hydrogen-bond acceptors (Lipinski definition) is 3. The molecule has 1 rings (SSSR count). The second-order valence-corrected chi connectivity index (χ2v) is 6.71. The van der Waals surface area contributed by atoms with Crippen molar-refractivity contribution >= 4 is 17.7 Å². The number of thioether (sulfide) groups is 1. The van der Waals surface area contributed by atoms with E-state index < -0.39 is 22.4 Å². The summed E-state index contributed by atoms with van der Waals surface area (Å²) in [6.45, 7) is 7.00. The Balaban J connectivity index is 2.75. The van der Waals surface area contributed by atoms with Gasteiger partial charge in [0, 0.05) is 4.90 Å². The maximum Gasteiger partial charge on any atom is 0.234 e. The normalized spacial score (nSPS) is 15.1. The number of carbonyl (C=O) groups is 1. The summed E-state index contributed by atoms with van der Waals surface area (Å²) in [5.41, 5.74) is -0.958. The zero-order valence-electron chi connectivity index (χ0n) is 12.4. The maximum absolute atomic E-state index is 13.1. The van der Waals surface area contributed by atoms with Crippen molar-refractivity contribution < 1.29 is 13.6 Å². The number of halogens is 2. The van der Waals surface area contributed by atoms with E-state index in [0.29, 0.717) is 4.90 Å². The van der Waals surface area contributed by atoms with E-state index in [1.54, 1.807) is 13.8 Å². The number of rotatable bonds is 5. The van der Waals surface area contributed by atoms with Crippen LogP contribution in [0, 0.1) is 28.9 Å². The van der Waals surface area contributed by atoms with Gasteiger partial charge < -0.3 is 5.32 Å². The van der Waals surface area contributed by atoms with Gasteiger partial charge in [0.15, 0.2) is 11.6 Å². The average molecular weight is 312 g/mol. The van der Waals surface area contributed by atoms with Crippen LogP contribution < -0.4 is 5.32 Å². The second kappa shape index (κ2) is 6.90. The third kappa shape index (κ3) is 4.43. The van der Waals surface area contributed by atoms with Gasteiger partial charge in [0.25, 0.3) is 0 Å². The van der Waals surface area contributed by atoms with E-state index in [1.807, 2.05) is 13.8 Å². The van der Waals surface area contributed by atoms with Gasteiger partial charge in [0.1, 0.15) is 5.54 Å². The molecule has 1 aromatic rings. The lowest BCUT2D eigenvalue weighted by Gasteiger charge is -2.28. The SMILES string of the molecule is CC(C)[C@@](C)(C#N)NC(=O)[C@H](C)Sc1ccc(F)c(F)c1. The molecular formula is C15H18F2N2OS. The van der Waals surface area contributed by atoms with Gasteiger partial charge in [-0.3, -0.25) is 4.79 Å². The van der Waals surface area contributed by atoms with E-state index >= 15 is 0 Å². The maximum atomic E-state index is 13.1. The lowest BCUT2D eigenvalue weighted by molar-refractivity contribution is -0.121. The number of amides is 1. The minimum Gasteiger partial charge on any atom is -0.337 e. The van der Waals surface area contributed by atoms with E-state index in [-0.39, 0.29) is 11.8 Å². The van der Waals surface area contributed by atoms with Crippen molar-refractivity contribution in [1.29, 1.82) is 5.26 Å². The summed E-state index contributed by atoms with van der Waals surface area (Å²) in [5, 5.41) is 11.4. The molecule has 0 saturated carbocycles. The fraction of sp³-hybridized carbons (Fsp3) is 0.467. The molecule has 0 bridgehead atoms. The highest BCUT2D eigenvalue weighted by Crippen LogP contribution is 2.26. The summed E-state index contributed by atoms with van der Waals surface area (Å²) in [5.74, 6) is -2.24. The molecule has 114 valence electrons. The number of nitriles is 1. The minimum absolute atomic E-state index is 0.0492.